The Balaban J connectivity index is 0.000000905. The molecule has 0 aliphatic rings. The van der Waals surface area contributed by atoms with Crippen molar-refractivity contribution < 1.29 is 41.1 Å². The number of halogens is 3. The van der Waals surface area contributed by atoms with Crippen LogP contribution >= 0.6 is 0 Å². The smallest absolute Gasteiger partial charge is 0.475 e. The number of hydrogen-bond donors (Lipinski definition) is 5. The fraction of sp³-hybridized carbons (Fsp3) is 0.333. The average Bonchev–Trinajstić information content (AvgIpc) is 2.79. The number of pyridine rings is 1. The molecule has 0 saturated heterocycles. The average molecular weight is 565 g/mol. The van der Waals surface area contributed by atoms with Gasteiger partial charge in [-0.2, -0.15) is 13.2 Å². The highest BCUT2D eigenvalue weighted by atomic mass is 32.2. The topological polar surface area (TPSA) is 222 Å². The van der Waals surface area contributed by atoms with Gasteiger partial charge in [-0.25, -0.2) is 13.2 Å². The third kappa shape index (κ3) is 8.68. The molecule has 0 fully saturated rings. The van der Waals surface area contributed by atoms with Crippen molar-refractivity contribution in [1.82, 2.24) is 4.57 Å². The molecule has 2 rings (SSSR count). The number of carboxylic acids is 1. The maximum atomic E-state index is 13.2. The first kappa shape index (κ1) is 31.7. The molecule has 1 aromatic carbocycles. The van der Waals surface area contributed by atoms with Gasteiger partial charge in [-0.1, -0.05) is 19.1 Å². The van der Waals surface area contributed by atoms with Crippen LogP contribution in [0.4, 0.5) is 18.9 Å². The van der Waals surface area contributed by atoms with Crippen LogP contribution in [0.25, 0.3) is 0 Å². The quantitative estimate of drug-likeness (QED) is 0.165. The van der Waals surface area contributed by atoms with Crippen LogP contribution in [0.15, 0.2) is 51.2 Å². The van der Waals surface area contributed by atoms with E-state index in [4.69, 9.17) is 31.9 Å². The highest BCUT2D eigenvalue weighted by Crippen LogP contribution is 2.20. The standard InChI is InChI=1S/C19H26N6O5S.C2HF3O2/c1-4-13-8-9-15(24-31(28,29)14-7-5-6-11(2)10-14)18(27)25(13)16(17(20)26)12(3)30-23-19(21)22;3-2(4,5)1(6)7/h5-10,12,16,24H,4H2,1-3H3,(H2,20,26)(H4,21,22,23);(H,6,7). The number of nitrogens with zero attached hydrogens (tertiary/aromatic N) is 2. The molecule has 1 heterocycles. The maximum absolute atomic E-state index is 13.2. The summed E-state index contributed by atoms with van der Waals surface area (Å²) in [4.78, 5) is 39.4. The molecule has 2 unspecified atom stereocenters. The fourth-order valence-corrected chi connectivity index (χ4v) is 4.18. The van der Waals surface area contributed by atoms with Gasteiger partial charge in [-0.05, 0) is 55.3 Å². The highest BCUT2D eigenvalue weighted by Gasteiger charge is 2.38. The summed E-state index contributed by atoms with van der Waals surface area (Å²) >= 11 is 0. The Hall–Kier alpha value is -4.28. The van der Waals surface area contributed by atoms with Crippen LogP contribution in [0, 0.1) is 6.92 Å². The van der Waals surface area contributed by atoms with E-state index in [9.17, 15) is 31.2 Å². The summed E-state index contributed by atoms with van der Waals surface area (Å²) in [5.74, 6) is -4.01. The second-order valence-electron chi connectivity index (χ2n) is 7.67. The number of nitrogens with one attached hydrogen (secondary N) is 1. The van der Waals surface area contributed by atoms with Crippen LogP contribution in [0.3, 0.4) is 0 Å². The van der Waals surface area contributed by atoms with E-state index in [1.807, 2.05) is 0 Å². The first-order valence-corrected chi connectivity index (χ1v) is 12.1. The largest absolute Gasteiger partial charge is 0.490 e. The minimum absolute atomic E-state index is 0.00562. The van der Waals surface area contributed by atoms with Gasteiger partial charge in [0.2, 0.25) is 11.9 Å². The Kier molecular flexibility index (Phi) is 10.7. The van der Waals surface area contributed by atoms with Crippen molar-refractivity contribution in [3.63, 3.8) is 0 Å². The lowest BCUT2D eigenvalue weighted by molar-refractivity contribution is -0.192. The molecule has 0 aliphatic carbocycles. The molecular weight excluding hydrogens is 537 g/mol. The zero-order chi connectivity index (χ0) is 29.4. The van der Waals surface area contributed by atoms with Crippen LogP contribution in [0.1, 0.15) is 31.1 Å². The van der Waals surface area contributed by atoms with Crippen molar-refractivity contribution in [2.75, 3.05) is 4.72 Å². The van der Waals surface area contributed by atoms with Gasteiger partial charge in [0.05, 0.1) is 4.90 Å². The number of benzene rings is 1. The number of primary amides is 1. The van der Waals surface area contributed by atoms with Gasteiger partial charge in [-0.3, -0.25) is 18.9 Å². The van der Waals surface area contributed by atoms with Gasteiger partial charge < -0.3 is 27.1 Å². The van der Waals surface area contributed by atoms with Crippen LogP contribution in [0.5, 0.6) is 0 Å². The number of guanidine groups is 1. The predicted octanol–water partition coefficient (Wildman–Crippen LogP) is 0.773. The molecule has 13 nitrogen and oxygen atoms in total. The summed E-state index contributed by atoms with van der Waals surface area (Å²) in [7, 11) is -4.05. The lowest BCUT2D eigenvalue weighted by Gasteiger charge is -2.25. The summed E-state index contributed by atoms with van der Waals surface area (Å²) in [6, 6.07) is 7.79. The van der Waals surface area contributed by atoms with E-state index in [-0.39, 0.29) is 16.5 Å². The summed E-state index contributed by atoms with van der Waals surface area (Å²) in [5, 5.41) is 10.5. The zero-order valence-electron chi connectivity index (χ0n) is 20.4. The van der Waals surface area contributed by atoms with Crippen molar-refractivity contribution in [3.8, 4) is 0 Å². The number of carbonyl (C=O) groups excluding carboxylic acids is 1. The van der Waals surface area contributed by atoms with Crippen LogP contribution in [-0.4, -0.2) is 48.2 Å². The number of carbonyl (C=O) groups is 2. The van der Waals surface area contributed by atoms with Crippen LogP contribution < -0.4 is 27.5 Å². The van der Waals surface area contributed by atoms with E-state index in [0.29, 0.717) is 12.1 Å². The van der Waals surface area contributed by atoms with Crippen molar-refractivity contribution in [3.05, 3.63) is 58.0 Å². The lowest BCUT2D eigenvalue weighted by atomic mass is 10.1. The highest BCUT2D eigenvalue weighted by molar-refractivity contribution is 7.92. The van der Waals surface area contributed by atoms with E-state index in [2.05, 4.69) is 9.88 Å². The molecule has 210 valence electrons. The molecule has 1 aromatic heterocycles. The molecule has 2 atom stereocenters. The SMILES string of the molecule is CCc1ccc(NS(=O)(=O)c2cccc(C)c2)c(=O)n1C(C(N)=O)C(C)ON=C(N)N.O=C(O)C(F)(F)F. The number of aliphatic carboxylic acids is 1. The first-order chi connectivity index (χ1) is 17.4. The fourth-order valence-electron chi connectivity index (χ4n) is 3.02. The van der Waals surface area contributed by atoms with E-state index < -0.39 is 45.8 Å². The third-order valence-electron chi connectivity index (χ3n) is 4.69. The molecule has 38 heavy (non-hydrogen) atoms. The minimum atomic E-state index is -5.08. The van der Waals surface area contributed by atoms with Gasteiger partial charge in [0.1, 0.15) is 5.69 Å². The number of carboxylic acid groups (broad SMARTS) is 1. The molecule has 0 radical (unpaired) electrons. The van der Waals surface area contributed by atoms with Crippen LogP contribution in [0.2, 0.25) is 0 Å². The number of sulfonamides is 1. The summed E-state index contributed by atoms with van der Waals surface area (Å²) in [5.41, 5.74) is 16.2. The maximum Gasteiger partial charge on any atom is 0.490 e. The van der Waals surface area contributed by atoms with E-state index in [1.165, 1.54) is 31.2 Å². The molecule has 17 heteroatoms. The lowest BCUT2D eigenvalue weighted by Crippen LogP contribution is -2.43. The Labute approximate surface area is 215 Å². The second kappa shape index (κ2) is 12.8. The van der Waals surface area contributed by atoms with E-state index in [0.717, 1.165) is 10.1 Å². The summed E-state index contributed by atoms with van der Waals surface area (Å²) in [6.07, 6.45) is -5.75. The number of hydrogen-bond acceptors (Lipinski definition) is 7. The van der Waals surface area contributed by atoms with Crippen molar-refractivity contribution in [2.45, 2.75) is 50.4 Å². The Bertz CT molecular complexity index is 1360. The number of nitrogens with two attached hydrogens (primary N) is 3. The minimum Gasteiger partial charge on any atom is -0.475 e. The van der Waals surface area contributed by atoms with Gasteiger partial charge in [0.15, 0.2) is 12.1 Å². The molecular formula is C21H27F3N6O7S. The van der Waals surface area contributed by atoms with Crippen molar-refractivity contribution in [2.24, 2.45) is 22.4 Å². The molecule has 2 aromatic rings. The third-order valence-corrected chi connectivity index (χ3v) is 6.05. The Morgan fingerprint density at radius 3 is 2.21 bits per heavy atom. The van der Waals surface area contributed by atoms with Gasteiger partial charge in [0.25, 0.3) is 15.6 Å². The predicted molar refractivity (Wildman–Crippen MR) is 130 cm³/mol. The summed E-state index contributed by atoms with van der Waals surface area (Å²) < 4.78 is 60.6. The summed E-state index contributed by atoms with van der Waals surface area (Å²) in [6.45, 7) is 4.97. The molecule has 1 amide bonds. The number of aromatic nitrogens is 1. The number of amides is 1. The zero-order valence-corrected chi connectivity index (χ0v) is 21.2. The molecule has 0 saturated carbocycles. The van der Waals surface area contributed by atoms with Gasteiger partial charge in [0, 0.05) is 5.69 Å². The normalized spacial score (nSPS) is 12.8. The van der Waals surface area contributed by atoms with E-state index >= 15 is 0 Å². The monoisotopic (exact) mass is 564 g/mol. The van der Waals surface area contributed by atoms with Gasteiger partial charge >= 0.3 is 12.1 Å². The van der Waals surface area contributed by atoms with Crippen molar-refractivity contribution >= 4 is 33.5 Å². The van der Waals surface area contributed by atoms with Crippen molar-refractivity contribution in [1.29, 1.82) is 0 Å². The number of alkyl halides is 3. The number of rotatable bonds is 9. The number of anilines is 1. The van der Waals surface area contributed by atoms with E-state index in [1.54, 1.807) is 26.0 Å². The Morgan fingerprint density at radius 1 is 1.18 bits per heavy atom. The second-order valence-corrected chi connectivity index (χ2v) is 9.35. The van der Waals surface area contributed by atoms with Crippen LogP contribution in [-0.2, 0) is 30.9 Å². The molecule has 0 spiro atoms. The Morgan fingerprint density at radius 2 is 1.76 bits per heavy atom. The number of aryl methyl sites for hydroxylation is 2. The first-order valence-electron chi connectivity index (χ1n) is 10.6. The molecule has 0 bridgehead atoms. The van der Waals surface area contributed by atoms with Gasteiger partial charge in [-0.15, -0.1) is 0 Å². The molecule has 8 N–H and O–H groups in total. The number of oxime groups is 1. The molecule has 0 aliphatic heterocycles.